The molecular weight excluding hydrogens is 256 g/mol. The summed E-state index contributed by atoms with van der Waals surface area (Å²) in [6.45, 7) is 0.338. The third-order valence-electron chi connectivity index (χ3n) is 4.47. The molecule has 5 nitrogen and oxygen atoms in total. The zero-order chi connectivity index (χ0) is 14.3. The fraction of sp³-hybridized carbons (Fsp3) is 0.467. The van der Waals surface area contributed by atoms with Crippen molar-refractivity contribution >= 4 is 11.9 Å². The monoisotopic (exact) mass is 274 g/mol. The van der Waals surface area contributed by atoms with Crippen LogP contribution in [0.3, 0.4) is 0 Å². The number of amides is 1. The molecule has 0 radical (unpaired) electrons. The Balaban J connectivity index is 1.92. The molecule has 1 aromatic carbocycles. The quantitative estimate of drug-likeness (QED) is 0.839. The van der Waals surface area contributed by atoms with E-state index in [2.05, 4.69) is 0 Å². The number of nitrogens with zero attached hydrogens (tertiary/aromatic N) is 1. The van der Waals surface area contributed by atoms with Crippen molar-refractivity contribution in [1.82, 2.24) is 4.90 Å². The number of carboxylic acid groups (broad SMARTS) is 1. The second-order valence-electron chi connectivity index (χ2n) is 5.77. The van der Waals surface area contributed by atoms with Crippen LogP contribution in [0, 0.1) is 0 Å². The van der Waals surface area contributed by atoms with Gasteiger partial charge in [-0.05, 0) is 30.4 Å². The Hall–Kier alpha value is -1.88. The Morgan fingerprint density at radius 3 is 2.45 bits per heavy atom. The molecule has 0 spiro atoms. The van der Waals surface area contributed by atoms with E-state index in [-0.39, 0.29) is 5.91 Å². The number of carbonyl (C=O) groups is 2. The first-order valence-corrected chi connectivity index (χ1v) is 6.91. The van der Waals surface area contributed by atoms with Crippen molar-refractivity contribution in [2.75, 3.05) is 0 Å². The van der Waals surface area contributed by atoms with Gasteiger partial charge in [-0.15, -0.1) is 0 Å². The Bertz CT molecular complexity index is 566. The number of carbonyl (C=O) groups excluding carboxylic acids is 1. The summed E-state index contributed by atoms with van der Waals surface area (Å²) in [5.41, 5.74) is 7.25. The molecule has 1 atom stereocenters. The van der Waals surface area contributed by atoms with Crippen LogP contribution in [-0.4, -0.2) is 33.5 Å². The molecule has 1 saturated carbocycles. The summed E-state index contributed by atoms with van der Waals surface area (Å²) in [5, 5.41) is 9.40. The van der Waals surface area contributed by atoms with E-state index in [9.17, 15) is 14.7 Å². The minimum atomic E-state index is -0.962. The number of hydrogen-bond donors (Lipinski definition) is 2. The van der Waals surface area contributed by atoms with Gasteiger partial charge in [0.1, 0.15) is 6.04 Å². The van der Waals surface area contributed by atoms with Crippen LogP contribution in [0.2, 0.25) is 0 Å². The molecule has 1 aliphatic carbocycles. The molecular formula is C15H18N2O3. The molecule has 1 fully saturated rings. The van der Waals surface area contributed by atoms with Crippen LogP contribution in [0.1, 0.15) is 30.4 Å². The zero-order valence-corrected chi connectivity index (χ0v) is 11.2. The van der Waals surface area contributed by atoms with Crippen molar-refractivity contribution in [3.8, 4) is 0 Å². The zero-order valence-electron chi connectivity index (χ0n) is 11.2. The topological polar surface area (TPSA) is 83.6 Å². The number of benzene rings is 1. The molecule has 5 heteroatoms. The standard InChI is InChI=1S/C15H18N2O3/c16-15(6-3-7-15)14(20)17-9-11-5-2-1-4-10(11)8-12(17)13(18)19/h1-2,4-5,12H,3,6-9,16H2,(H,18,19). The highest BCUT2D eigenvalue weighted by Gasteiger charge is 2.46. The minimum absolute atomic E-state index is 0.217. The number of rotatable bonds is 2. The number of carboxylic acids is 1. The number of hydrogen-bond acceptors (Lipinski definition) is 3. The van der Waals surface area contributed by atoms with Gasteiger partial charge in [0.2, 0.25) is 5.91 Å². The molecule has 1 aliphatic heterocycles. The summed E-state index contributed by atoms with van der Waals surface area (Å²) in [6.07, 6.45) is 2.59. The second-order valence-corrected chi connectivity index (χ2v) is 5.77. The molecule has 20 heavy (non-hydrogen) atoms. The molecule has 0 saturated heterocycles. The van der Waals surface area contributed by atoms with Crippen molar-refractivity contribution in [2.45, 2.75) is 43.8 Å². The first-order valence-electron chi connectivity index (χ1n) is 6.91. The second kappa shape index (κ2) is 4.59. The largest absolute Gasteiger partial charge is 0.480 e. The Labute approximate surface area is 117 Å². The smallest absolute Gasteiger partial charge is 0.326 e. The van der Waals surface area contributed by atoms with Gasteiger partial charge in [-0.1, -0.05) is 24.3 Å². The lowest BCUT2D eigenvalue weighted by atomic mass is 9.76. The molecule has 1 aromatic rings. The lowest BCUT2D eigenvalue weighted by Gasteiger charge is -2.44. The van der Waals surface area contributed by atoms with Crippen molar-refractivity contribution in [1.29, 1.82) is 0 Å². The molecule has 3 rings (SSSR count). The van der Waals surface area contributed by atoms with Crippen LogP contribution in [0.15, 0.2) is 24.3 Å². The summed E-state index contributed by atoms with van der Waals surface area (Å²) >= 11 is 0. The molecule has 106 valence electrons. The van der Waals surface area contributed by atoms with Crippen LogP contribution in [0.25, 0.3) is 0 Å². The van der Waals surface area contributed by atoms with Gasteiger partial charge in [0.15, 0.2) is 0 Å². The van der Waals surface area contributed by atoms with Gasteiger partial charge in [-0.3, -0.25) is 4.79 Å². The van der Waals surface area contributed by atoms with Crippen molar-refractivity contribution in [2.24, 2.45) is 5.73 Å². The molecule has 1 unspecified atom stereocenters. The number of nitrogens with two attached hydrogens (primary N) is 1. The average Bonchev–Trinajstić information content (AvgIpc) is 2.42. The fourth-order valence-electron chi connectivity index (χ4n) is 3.01. The van der Waals surface area contributed by atoms with Gasteiger partial charge < -0.3 is 15.7 Å². The molecule has 3 N–H and O–H groups in total. The minimum Gasteiger partial charge on any atom is -0.480 e. The van der Waals surface area contributed by atoms with E-state index < -0.39 is 17.6 Å². The molecule has 1 amide bonds. The highest BCUT2D eigenvalue weighted by atomic mass is 16.4. The molecule has 1 heterocycles. The Morgan fingerprint density at radius 2 is 1.90 bits per heavy atom. The maximum Gasteiger partial charge on any atom is 0.326 e. The maximum atomic E-state index is 12.6. The molecule has 2 aliphatic rings. The predicted molar refractivity (Wildman–Crippen MR) is 72.9 cm³/mol. The third-order valence-corrected chi connectivity index (χ3v) is 4.47. The van der Waals surface area contributed by atoms with E-state index in [4.69, 9.17) is 5.73 Å². The van der Waals surface area contributed by atoms with Gasteiger partial charge in [0, 0.05) is 13.0 Å². The Morgan fingerprint density at radius 1 is 1.25 bits per heavy atom. The number of fused-ring (bicyclic) bond motifs is 1. The van der Waals surface area contributed by atoms with Crippen molar-refractivity contribution in [3.63, 3.8) is 0 Å². The lowest BCUT2D eigenvalue weighted by Crippen LogP contribution is -2.63. The molecule has 0 bridgehead atoms. The van der Waals surface area contributed by atoms with E-state index in [0.29, 0.717) is 25.8 Å². The van der Waals surface area contributed by atoms with E-state index in [0.717, 1.165) is 17.5 Å². The van der Waals surface area contributed by atoms with Gasteiger partial charge in [0.05, 0.1) is 5.54 Å². The first kappa shape index (κ1) is 13.1. The van der Waals surface area contributed by atoms with Crippen LogP contribution in [0.5, 0.6) is 0 Å². The van der Waals surface area contributed by atoms with E-state index in [1.165, 1.54) is 4.90 Å². The third kappa shape index (κ3) is 1.98. The number of aliphatic carboxylic acids is 1. The van der Waals surface area contributed by atoms with Gasteiger partial charge in [-0.25, -0.2) is 4.79 Å². The summed E-state index contributed by atoms with van der Waals surface area (Å²) in [4.78, 5) is 25.5. The molecule has 0 aromatic heterocycles. The van der Waals surface area contributed by atoms with Gasteiger partial charge >= 0.3 is 5.97 Å². The van der Waals surface area contributed by atoms with E-state index >= 15 is 0 Å². The highest BCUT2D eigenvalue weighted by Crippen LogP contribution is 2.34. The summed E-state index contributed by atoms with van der Waals surface area (Å²) in [6, 6.07) is 6.86. The summed E-state index contributed by atoms with van der Waals surface area (Å²) in [7, 11) is 0. The van der Waals surface area contributed by atoms with Crippen LogP contribution in [0.4, 0.5) is 0 Å². The lowest BCUT2D eigenvalue weighted by molar-refractivity contribution is -0.155. The fourth-order valence-corrected chi connectivity index (χ4v) is 3.01. The van der Waals surface area contributed by atoms with Gasteiger partial charge in [-0.2, -0.15) is 0 Å². The van der Waals surface area contributed by atoms with E-state index in [1.807, 2.05) is 24.3 Å². The van der Waals surface area contributed by atoms with Crippen LogP contribution < -0.4 is 5.73 Å². The van der Waals surface area contributed by atoms with Crippen molar-refractivity contribution in [3.05, 3.63) is 35.4 Å². The summed E-state index contributed by atoms with van der Waals surface area (Å²) < 4.78 is 0. The van der Waals surface area contributed by atoms with Crippen LogP contribution in [-0.2, 0) is 22.6 Å². The van der Waals surface area contributed by atoms with Crippen LogP contribution >= 0.6 is 0 Å². The predicted octanol–water partition coefficient (Wildman–Crippen LogP) is 0.906. The van der Waals surface area contributed by atoms with E-state index in [1.54, 1.807) is 0 Å². The van der Waals surface area contributed by atoms with Crippen molar-refractivity contribution < 1.29 is 14.7 Å². The SMILES string of the molecule is NC1(C(=O)N2Cc3ccccc3CC2C(=O)O)CCC1. The highest BCUT2D eigenvalue weighted by molar-refractivity contribution is 5.91. The first-order chi connectivity index (χ1) is 9.51. The normalized spacial score (nSPS) is 23.6. The Kier molecular flexibility index (Phi) is 3.01. The summed E-state index contributed by atoms with van der Waals surface area (Å²) in [5.74, 6) is -1.18. The average molecular weight is 274 g/mol. The van der Waals surface area contributed by atoms with Gasteiger partial charge in [0.25, 0.3) is 0 Å². The maximum absolute atomic E-state index is 12.6.